The molecule has 0 saturated carbocycles. The standard InChI is InChI=1S/C15H26N4O3S.HI/c1-5-16-15(17-10-11-22-4)18-12-13-8-6-7-9-14(13)23(20,21)19(2)3;/h6-9H,5,10-12H2,1-4H3,(H2,16,17,18);1H. The SMILES string of the molecule is CCNC(=NCc1ccccc1S(=O)(=O)N(C)C)NCCOC.I. The van der Waals surface area contributed by atoms with E-state index in [1.807, 2.05) is 13.0 Å². The number of guanidine groups is 1. The first-order chi connectivity index (χ1) is 10.9. The van der Waals surface area contributed by atoms with Crippen LogP contribution in [0.5, 0.6) is 0 Å². The van der Waals surface area contributed by atoms with Crippen molar-refractivity contribution in [1.82, 2.24) is 14.9 Å². The zero-order valence-electron chi connectivity index (χ0n) is 14.6. The van der Waals surface area contributed by atoms with Gasteiger partial charge in [-0.05, 0) is 18.6 Å². The van der Waals surface area contributed by atoms with Crippen molar-refractivity contribution in [3.63, 3.8) is 0 Å². The third-order valence-electron chi connectivity index (χ3n) is 3.08. The summed E-state index contributed by atoms with van der Waals surface area (Å²) in [5.74, 6) is 0.626. The summed E-state index contributed by atoms with van der Waals surface area (Å²) in [5, 5.41) is 6.24. The summed E-state index contributed by atoms with van der Waals surface area (Å²) in [4.78, 5) is 4.72. The van der Waals surface area contributed by atoms with Gasteiger partial charge in [0.15, 0.2) is 5.96 Å². The van der Waals surface area contributed by atoms with E-state index in [4.69, 9.17) is 4.74 Å². The molecule has 0 fully saturated rings. The fourth-order valence-corrected chi connectivity index (χ4v) is 2.97. The van der Waals surface area contributed by atoms with E-state index >= 15 is 0 Å². The van der Waals surface area contributed by atoms with Gasteiger partial charge in [-0.2, -0.15) is 0 Å². The molecular formula is C15H27IN4O3S. The predicted molar refractivity (Wildman–Crippen MR) is 107 cm³/mol. The lowest BCUT2D eigenvalue weighted by molar-refractivity contribution is 0.203. The first-order valence-corrected chi connectivity index (χ1v) is 8.89. The smallest absolute Gasteiger partial charge is 0.242 e. The number of nitrogens with zero attached hydrogens (tertiary/aromatic N) is 2. The molecule has 0 amide bonds. The first kappa shape index (κ1) is 23.1. The van der Waals surface area contributed by atoms with Crippen LogP contribution in [-0.4, -0.2) is 59.6 Å². The van der Waals surface area contributed by atoms with Crippen LogP contribution in [0.4, 0.5) is 0 Å². The molecule has 0 aliphatic carbocycles. The highest BCUT2D eigenvalue weighted by molar-refractivity contribution is 14.0. The second kappa shape index (κ2) is 11.6. The largest absolute Gasteiger partial charge is 0.383 e. The summed E-state index contributed by atoms with van der Waals surface area (Å²) in [5.41, 5.74) is 0.658. The number of aliphatic imine (C=N–C) groups is 1. The van der Waals surface area contributed by atoms with Gasteiger partial charge in [-0.1, -0.05) is 18.2 Å². The molecule has 138 valence electrons. The third kappa shape index (κ3) is 6.91. The van der Waals surface area contributed by atoms with Crippen molar-refractivity contribution < 1.29 is 13.2 Å². The highest BCUT2D eigenvalue weighted by Gasteiger charge is 2.20. The molecule has 24 heavy (non-hydrogen) atoms. The fourth-order valence-electron chi connectivity index (χ4n) is 1.86. The van der Waals surface area contributed by atoms with Crippen LogP contribution in [-0.2, 0) is 21.3 Å². The number of ether oxygens (including phenoxy) is 1. The third-order valence-corrected chi connectivity index (χ3v) is 5.00. The number of benzene rings is 1. The van der Waals surface area contributed by atoms with E-state index in [0.29, 0.717) is 24.7 Å². The summed E-state index contributed by atoms with van der Waals surface area (Å²) in [6, 6.07) is 6.90. The molecule has 0 saturated heterocycles. The molecule has 1 aromatic carbocycles. The van der Waals surface area contributed by atoms with Crippen molar-refractivity contribution in [3.8, 4) is 0 Å². The Bertz CT molecular complexity index is 621. The summed E-state index contributed by atoms with van der Waals surface area (Å²) in [7, 11) is 1.19. The molecule has 0 unspecified atom stereocenters. The second-order valence-electron chi connectivity index (χ2n) is 5.01. The second-order valence-corrected chi connectivity index (χ2v) is 7.13. The number of halogens is 1. The molecule has 0 aromatic heterocycles. The van der Waals surface area contributed by atoms with Gasteiger partial charge < -0.3 is 15.4 Å². The quantitative estimate of drug-likeness (QED) is 0.259. The number of rotatable bonds is 8. The maximum Gasteiger partial charge on any atom is 0.242 e. The van der Waals surface area contributed by atoms with Crippen molar-refractivity contribution in [2.24, 2.45) is 4.99 Å². The van der Waals surface area contributed by atoms with Gasteiger partial charge in [0, 0.05) is 34.3 Å². The summed E-state index contributed by atoms with van der Waals surface area (Å²) in [6.45, 7) is 4.15. The fraction of sp³-hybridized carbons (Fsp3) is 0.533. The van der Waals surface area contributed by atoms with Gasteiger partial charge in [0.25, 0.3) is 0 Å². The van der Waals surface area contributed by atoms with Gasteiger partial charge in [-0.3, -0.25) is 0 Å². The normalized spacial score (nSPS) is 12.0. The minimum atomic E-state index is -3.49. The van der Waals surface area contributed by atoms with Crippen molar-refractivity contribution in [1.29, 1.82) is 0 Å². The number of nitrogens with one attached hydrogen (secondary N) is 2. The summed E-state index contributed by atoms with van der Waals surface area (Å²) >= 11 is 0. The summed E-state index contributed by atoms with van der Waals surface area (Å²) < 4.78 is 30.9. The Labute approximate surface area is 161 Å². The van der Waals surface area contributed by atoms with E-state index in [9.17, 15) is 8.42 Å². The highest BCUT2D eigenvalue weighted by Crippen LogP contribution is 2.19. The number of hydrogen-bond acceptors (Lipinski definition) is 4. The van der Waals surface area contributed by atoms with Crippen LogP contribution in [0.2, 0.25) is 0 Å². The lowest BCUT2D eigenvalue weighted by Crippen LogP contribution is -2.38. The van der Waals surface area contributed by atoms with Gasteiger partial charge >= 0.3 is 0 Å². The molecule has 2 N–H and O–H groups in total. The number of methoxy groups -OCH3 is 1. The van der Waals surface area contributed by atoms with E-state index in [1.54, 1.807) is 25.3 Å². The van der Waals surface area contributed by atoms with Crippen molar-refractivity contribution >= 4 is 40.0 Å². The number of sulfonamides is 1. The van der Waals surface area contributed by atoms with Gasteiger partial charge in [0.1, 0.15) is 0 Å². The van der Waals surface area contributed by atoms with Crippen LogP contribution in [0, 0.1) is 0 Å². The molecule has 1 rings (SSSR count). The molecule has 9 heteroatoms. The predicted octanol–water partition coefficient (Wildman–Crippen LogP) is 1.26. The molecule has 0 spiro atoms. The minimum Gasteiger partial charge on any atom is -0.383 e. The van der Waals surface area contributed by atoms with E-state index in [2.05, 4.69) is 15.6 Å². The lowest BCUT2D eigenvalue weighted by atomic mass is 10.2. The van der Waals surface area contributed by atoms with Crippen LogP contribution in [0.15, 0.2) is 34.2 Å². The maximum atomic E-state index is 12.4. The van der Waals surface area contributed by atoms with Crippen LogP contribution in [0.1, 0.15) is 12.5 Å². The van der Waals surface area contributed by atoms with Gasteiger partial charge in [0.2, 0.25) is 10.0 Å². The van der Waals surface area contributed by atoms with Crippen molar-refractivity contribution in [2.45, 2.75) is 18.4 Å². The highest BCUT2D eigenvalue weighted by atomic mass is 127. The van der Waals surface area contributed by atoms with Gasteiger partial charge in [-0.15, -0.1) is 24.0 Å². The zero-order valence-corrected chi connectivity index (χ0v) is 17.7. The van der Waals surface area contributed by atoms with Crippen LogP contribution < -0.4 is 10.6 Å². The topological polar surface area (TPSA) is 83.0 Å². The van der Waals surface area contributed by atoms with E-state index in [-0.39, 0.29) is 35.4 Å². The first-order valence-electron chi connectivity index (χ1n) is 7.45. The molecule has 0 bridgehead atoms. The van der Waals surface area contributed by atoms with Gasteiger partial charge in [0.05, 0.1) is 18.0 Å². The average molecular weight is 470 g/mol. The van der Waals surface area contributed by atoms with E-state index in [0.717, 1.165) is 6.54 Å². The van der Waals surface area contributed by atoms with Crippen LogP contribution in [0.25, 0.3) is 0 Å². The Balaban J connectivity index is 0.00000529. The Morgan fingerprint density at radius 2 is 1.92 bits per heavy atom. The monoisotopic (exact) mass is 470 g/mol. The maximum absolute atomic E-state index is 12.4. The van der Waals surface area contributed by atoms with Crippen LogP contribution >= 0.6 is 24.0 Å². The van der Waals surface area contributed by atoms with E-state index < -0.39 is 10.0 Å². The molecular weight excluding hydrogens is 443 g/mol. The Hall–Kier alpha value is -0.910. The molecule has 1 aromatic rings. The molecule has 0 radical (unpaired) electrons. The van der Waals surface area contributed by atoms with Crippen LogP contribution in [0.3, 0.4) is 0 Å². The average Bonchev–Trinajstić information content (AvgIpc) is 2.53. The zero-order chi connectivity index (χ0) is 17.3. The molecule has 0 atom stereocenters. The summed E-state index contributed by atoms with van der Waals surface area (Å²) in [6.07, 6.45) is 0. The Morgan fingerprint density at radius 1 is 1.25 bits per heavy atom. The molecule has 0 aliphatic heterocycles. The van der Waals surface area contributed by atoms with Gasteiger partial charge in [-0.25, -0.2) is 17.7 Å². The van der Waals surface area contributed by atoms with Crippen molar-refractivity contribution in [2.75, 3.05) is 40.9 Å². The molecule has 0 heterocycles. The Morgan fingerprint density at radius 3 is 2.50 bits per heavy atom. The lowest BCUT2D eigenvalue weighted by Gasteiger charge is -2.15. The number of hydrogen-bond donors (Lipinski definition) is 2. The molecule has 7 nitrogen and oxygen atoms in total. The molecule has 0 aliphatic rings. The van der Waals surface area contributed by atoms with Crippen molar-refractivity contribution in [3.05, 3.63) is 29.8 Å². The van der Waals surface area contributed by atoms with E-state index in [1.165, 1.54) is 18.4 Å². The Kier molecular flexibility index (Phi) is 11.2. The minimum absolute atomic E-state index is 0.